The Hall–Kier alpha value is -1.85. The fourth-order valence-corrected chi connectivity index (χ4v) is 2.67. The van der Waals surface area contributed by atoms with Gasteiger partial charge in [-0.15, -0.1) is 0 Å². The molecule has 0 atom stereocenters. The summed E-state index contributed by atoms with van der Waals surface area (Å²) in [4.78, 5) is 4.24. The van der Waals surface area contributed by atoms with Gasteiger partial charge in [-0.1, -0.05) is 24.3 Å². The molecular weight excluding hydrogens is 282 g/mol. The second-order valence-electron chi connectivity index (χ2n) is 4.61. The van der Waals surface area contributed by atoms with Crippen LogP contribution in [-0.4, -0.2) is 20.1 Å². The third-order valence-electron chi connectivity index (χ3n) is 3.13. The molecule has 112 valence electrons. The molecule has 0 unspecified atom stereocenters. The normalized spacial score (nSPS) is 11.4. The molecule has 0 fully saturated rings. The Morgan fingerprint density at radius 1 is 1.14 bits per heavy atom. The highest BCUT2D eigenvalue weighted by atomic mass is 32.1. The molecule has 0 radical (unpaired) electrons. The van der Waals surface area contributed by atoms with Crippen molar-refractivity contribution in [2.45, 2.75) is 19.7 Å². The summed E-state index contributed by atoms with van der Waals surface area (Å²) in [6.45, 7) is 2.13. The summed E-state index contributed by atoms with van der Waals surface area (Å²) in [5.74, 6) is 0.799. The number of rotatable bonds is 6. The van der Waals surface area contributed by atoms with E-state index in [1.165, 1.54) is 16.7 Å². The van der Waals surface area contributed by atoms with Crippen LogP contribution in [0.2, 0.25) is 0 Å². The monoisotopic (exact) mass is 303 g/mol. The fraction of sp³-hybridized carbons (Fsp3) is 0.312. The molecule has 0 saturated carbocycles. The van der Waals surface area contributed by atoms with Crippen LogP contribution in [0.25, 0.3) is 0 Å². The van der Waals surface area contributed by atoms with Crippen molar-refractivity contribution >= 4 is 17.3 Å². The molecule has 0 spiro atoms. The molecule has 2 N–H and O–H groups in total. The Kier molecular flexibility index (Phi) is 6.24. The quantitative estimate of drug-likeness (QED) is 0.637. The molecule has 5 heteroatoms. The minimum Gasteiger partial charge on any atom is -0.380 e. The van der Waals surface area contributed by atoms with Gasteiger partial charge in [0.2, 0.25) is 0 Å². The lowest BCUT2D eigenvalue weighted by Crippen LogP contribution is -2.36. The molecule has 0 aliphatic heterocycles. The first-order valence-corrected chi connectivity index (χ1v) is 7.79. The van der Waals surface area contributed by atoms with Gasteiger partial charge in [0.15, 0.2) is 5.96 Å². The maximum absolute atomic E-state index is 5.23. The summed E-state index contributed by atoms with van der Waals surface area (Å²) in [6.07, 6.45) is 0. The summed E-state index contributed by atoms with van der Waals surface area (Å²) in [7, 11) is 3.50. The zero-order chi connectivity index (χ0) is 14.9. The van der Waals surface area contributed by atoms with E-state index in [9.17, 15) is 0 Å². The first-order valence-electron chi connectivity index (χ1n) is 6.84. The first-order chi connectivity index (χ1) is 10.3. The topological polar surface area (TPSA) is 45.7 Å². The Bertz CT molecular complexity index is 567. The minimum atomic E-state index is 0.624. The van der Waals surface area contributed by atoms with E-state index in [0.29, 0.717) is 6.61 Å². The number of hydrogen-bond acceptors (Lipinski definition) is 3. The van der Waals surface area contributed by atoms with E-state index in [-0.39, 0.29) is 0 Å². The molecule has 1 aromatic carbocycles. The summed E-state index contributed by atoms with van der Waals surface area (Å²) in [5, 5.41) is 10.9. The Labute approximate surface area is 129 Å². The molecule has 21 heavy (non-hydrogen) atoms. The molecule has 2 aromatic rings. The van der Waals surface area contributed by atoms with Crippen LogP contribution in [0.3, 0.4) is 0 Å². The van der Waals surface area contributed by atoms with Crippen LogP contribution in [0.15, 0.2) is 46.1 Å². The van der Waals surface area contributed by atoms with E-state index in [1.54, 1.807) is 25.5 Å². The Morgan fingerprint density at radius 3 is 2.57 bits per heavy atom. The van der Waals surface area contributed by atoms with Crippen molar-refractivity contribution < 1.29 is 4.74 Å². The van der Waals surface area contributed by atoms with Crippen molar-refractivity contribution in [2.24, 2.45) is 4.99 Å². The number of thiophene rings is 1. The van der Waals surface area contributed by atoms with Gasteiger partial charge >= 0.3 is 0 Å². The van der Waals surface area contributed by atoms with Crippen molar-refractivity contribution in [3.63, 3.8) is 0 Å². The van der Waals surface area contributed by atoms with Gasteiger partial charge in [-0.2, -0.15) is 11.3 Å². The molecule has 0 aliphatic rings. The van der Waals surface area contributed by atoms with Crippen LogP contribution in [0.4, 0.5) is 0 Å². The number of aliphatic imine (C=N–C) groups is 1. The second kappa shape index (κ2) is 8.44. The summed E-state index contributed by atoms with van der Waals surface area (Å²) in [5.41, 5.74) is 3.68. The average Bonchev–Trinajstić information content (AvgIpc) is 3.02. The van der Waals surface area contributed by atoms with Crippen molar-refractivity contribution in [2.75, 3.05) is 14.2 Å². The lowest BCUT2D eigenvalue weighted by molar-refractivity contribution is 0.184. The maximum Gasteiger partial charge on any atom is 0.191 e. The Morgan fingerprint density at radius 2 is 1.90 bits per heavy atom. The van der Waals surface area contributed by atoms with Crippen molar-refractivity contribution in [3.05, 3.63) is 57.8 Å². The van der Waals surface area contributed by atoms with Gasteiger partial charge in [0, 0.05) is 27.2 Å². The number of methoxy groups -OCH3 is 1. The maximum atomic E-state index is 5.23. The van der Waals surface area contributed by atoms with Crippen LogP contribution in [0, 0.1) is 0 Å². The highest BCUT2D eigenvalue weighted by Gasteiger charge is 2.03. The third kappa shape index (κ3) is 4.88. The zero-order valence-electron chi connectivity index (χ0n) is 12.4. The highest BCUT2D eigenvalue weighted by Crippen LogP contribution is 2.09. The number of benzene rings is 1. The molecule has 0 saturated heterocycles. The highest BCUT2D eigenvalue weighted by molar-refractivity contribution is 7.07. The molecule has 1 aromatic heterocycles. The zero-order valence-corrected chi connectivity index (χ0v) is 13.2. The number of nitrogens with zero attached hydrogens (tertiary/aromatic N) is 1. The summed E-state index contributed by atoms with van der Waals surface area (Å²) < 4.78 is 5.23. The van der Waals surface area contributed by atoms with Crippen molar-refractivity contribution in [1.82, 2.24) is 10.6 Å². The molecule has 0 amide bonds. The van der Waals surface area contributed by atoms with E-state index in [1.807, 2.05) is 12.1 Å². The van der Waals surface area contributed by atoms with Gasteiger partial charge < -0.3 is 15.4 Å². The van der Waals surface area contributed by atoms with Crippen LogP contribution in [0.5, 0.6) is 0 Å². The summed E-state index contributed by atoms with van der Waals surface area (Å²) >= 11 is 1.70. The van der Waals surface area contributed by atoms with Crippen LogP contribution < -0.4 is 10.6 Å². The van der Waals surface area contributed by atoms with Gasteiger partial charge in [-0.25, -0.2) is 0 Å². The van der Waals surface area contributed by atoms with E-state index in [0.717, 1.165) is 19.0 Å². The molecule has 2 rings (SSSR count). The van der Waals surface area contributed by atoms with E-state index in [4.69, 9.17) is 4.74 Å². The SMILES string of the molecule is CN=C(NCc1ccsc1)NCc1ccccc1COC. The smallest absolute Gasteiger partial charge is 0.191 e. The second-order valence-corrected chi connectivity index (χ2v) is 5.39. The van der Waals surface area contributed by atoms with Crippen LogP contribution in [0.1, 0.15) is 16.7 Å². The van der Waals surface area contributed by atoms with Gasteiger partial charge in [0.1, 0.15) is 0 Å². The van der Waals surface area contributed by atoms with E-state index in [2.05, 4.69) is 44.6 Å². The van der Waals surface area contributed by atoms with Crippen molar-refractivity contribution in [1.29, 1.82) is 0 Å². The average molecular weight is 303 g/mol. The molecule has 1 heterocycles. The lowest BCUT2D eigenvalue weighted by atomic mass is 10.1. The number of ether oxygens (including phenoxy) is 1. The van der Waals surface area contributed by atoms with E-state index < -0.39 is 0 Å². The number of guanidine groups is 1. The van der Waals surface area contributed by atoms with Gasteiger partial charge in [0.25, 0.3) is 0 Å². The standard InChI is InChI=1S/C16H21N3OS/c1-17-16(18-9-13-7-8-21-12-13)19-10-14-5-3-4-6-15(14)11-20-2/h3-8,12H,9-11H2,1-2H3,(H2,17,18,19). The van der Waals surface area contributed by atoms with Crippen LogP contribution in [-0.2, 0) is 24.4 Å². The van der Waals surface area contributed by atoms with Gasteiger partial charge in [-0.3, -0.25) is 4.99 Å². The van der Waals surface area contributed by atoms with Crippen molar-refractivity contribution in [3.8, 4) is 0 Å². The van der Waals surface area contributed by atoms with Crippen LogP contribution >= 0.6 is 11.3 Å². The van der Waals surface area contributed by atoms with E-state index >= 15 is 0 Å². The number of nitrogens with one attached hydrogen (secondary N) is 2. The first kappa shape index (κ1) is 15.5. The molecule has 4 nitrogen and oxygen atoms in total. The Balaban J connectivity index is 1.88. The largest absolute Gasteiger partial charge is 0.380 e. The van der Waals surface area contributed by atoms with Gasteiger partial charge in [-0.05, 0) is 33.5 Å². The molecule has 0 bridgehead atoms. The predicted octanol–water partition coefficient (Wildman–Crippen LogP) is 2.76. The predicted molar refractivity (Wildman–Crippen MR) is 88.5 cm³/mol. The fourth-order valence-electron chi connectivity index (χ4n) is 2.00. The molecular formula is C16H21N3OS. The third-order valence-corrected chi connectivity index (χ3v) is 3.86. The summed E-state index contributed by atoms with van der Waals surface area (Å²) in [6, 6.07) is 10.4. The van der Waals surface area contributed by atoms with Gasteiger partial charge in [0.05, 0.1) is 6.61 Å². The minimum absolute atomic E-state index is 0.624. The molecule has 0 aliphatic carbocycles. The number of hydrogen-bond donors (Lipinski definition) is 2. The lowest BCUT2D eigenvalue weighted by Gasteiger charge is -2.13.